The topological polar surface area (TPSA) is 63.4 Å². The van der Waals surface area contributed by atoms with Crippen LogP contribution < -0.4 is 5.73 Å². The van der Waals surface area contributed by atoms with Crippen LogP contribution >= 0.6 is 0 Å². The summed E-state index contributed by atoms with van der Waals surface area (Å²) in [4.78, 5) is 25.6. The van der Waals surface area contributed by atoms with Crippen LogP contribution in [0.4, 0.5) is 8.78 Å². The zero-order chi connectivity index (χ0) is 16.6. The van der Waals surface area contributed by atoms with E-state index >= 15 is 0 Å². The van der Waals surface area contributed by atoms with Gasteiger partial charge in [-0.3, -0.25) is 14.5 Å². The van der Waals surface area contributed by atoms with E-state index in [1.165, 1.54) is 6.07 Å². The van der Waals surface area contributed by atoms with Crippen LogP contribution in [-0.2, 0) is 6.42 Å². The molecule has 0 aliphatic carbocycles. The van der Waals surface area contributed by atoms with Gasteiger partial charge in [-0.05, 0) is 36.2 Å². The Morgan fingerprint density at radius 3 is 2.13 bits per heavy atom. The Morgan fingerprint density at radius 1 is 0.957 bits per heavy atom. The Bertz CT molecular complexity index is 757. The number of benzene rings is 2. The third-order valence-corrected chi connectivity index (χ3v) is 3.78. The number of carbonyl (C=O) groups is 2. The minimum Gasteiger partial charge on any atom is -0.326 e. The lowest BCUT2D eigenvalue weighted by molar-refractivity contribution is 0.0644. The Kier molecular flexibility index (Phi) is 3.92. The van der Waals surface area contributed by atoms with E-state index in [1.807, 2.05) is 0 Å². The van der Waals surface area contributed by atoms with Gasteiger partial charge in [0.25, 0.3) is 11.8 Å². The van der Waals surface area contributed by atoms with Crippen molar-refractivity contribution in [2.45, 2.75) is 12.5 Å². The van der Waals surface area contributed by atoms with Crippen LogP contribution in [0.2, 0.25) is 0 Å². The van der Waals surface area contributed by atoms with Crippen molar-refractivity contribution in [1.29, 1.82) is 0 Å². The maximum atomic E-state index is 13.2. The summed E-state index contributed by atoms with van der Waals surface area (Å²) in [6.07, 6.45) is 0.227. The predicted molar refractivity (Wildman–Crippen MR) is 79.8 cm³/mol. The van der Waals surface area contributed by atoms with E-state index in [0.717, 1.165) is 17.0 Å². The monoisotopic (exact) mass is 316 g/mol. The molecule has 1 heterocycles. The molecular formula is C17H14F2N2O2. The SMILES string of the molecule is N[C@H](Cc1ccc(F)c(F)c1)CN1C(=O)c2ccccc2C1=O. The van der Waals surface area contributed by atoms with Gasteiger partial charge in [0.1, 0.15) is 0 Å². The summed E-state index contributed by atoms with van der Waals surface area (Å²) in [5.74, 6) is -2.64. The van der Waals surface area contributed by atoms with Crippen molar-refractivity contribution < 1.29 is 18.4 Å². The molecule has 2 aromatic rings. The summed E-state index contributed by atoms with van der Waals surface area (Å²) in [5, 5.41) is 0. The smallest absolute Gasteiger partial charge is 0.261 e. The third kappa shape index (κ3) is 2.85. The van der Waals surface area contributed by atoms with Gasteiger partial charge in [-0.25, -0.2) is 8.78 Å². The summed E-state index contributed by atoms with van der Waals surface area (Å²) in [7, 11) is 0. The maximum Gasteiger partial charge on any atom is 0.261 e. The summed E-state index contributed by atoms with van der Waals surface area (Å²) in [5.41, 5.74) is 7.20. The Labute approximate surface area is 131 Å². The molecule has 2 N–H and O–H groups in total. The molecule has 6 heteroatoms. The van der Waals surface area contributed by atoms with E-state index in [0.29, 0.717) is 16.7 Å². The van der Waals surface area contributed by atoms with Crippen LogP contribution in [0.25, 0.3) is 0 Å². The molecule has 4 nitrogen and oxygen atoms in total. The number of hydrogen-bond donors (Lipinski definition) is 1. The van der Waals surface area contributed by atoms with Crippen LogP contribution in [0.15, 0.2) is 42.5 Å². The molecule has 0 fully saturated rings. The van der Waals surface area contributed by atoms with Gasteiger partial charge in [0.05, 0.1) is 11.1 Å². The lowest BCUT2D eigenvalue weighted by atomic mass is 10.1. The highest BCUT2D eigenvalue weighted by molar-refractivity contribution is 6.21. The average molecular weight is 316 g/mol. The molecule has 2 amide bonds. The minimum atomic E-state index is -0.949. The average Bonchev–Trinajstić information content (AvgIpc) is 2.76. The summed E-state index contributed by atoms with van der Waals surface area (Å²) in [6, 6.07) is 9.52. The molecule has 0 radical (unpaired) electrons. The molecule has 0 bridgehead atoms. The first kappa shape index (κ1) is 15.3. The molecule has 1 aliphatic heterocycles. The van der Waals surface area contributed by atoms with Crippen molar-refractivity contribution in [2.24, 2.45) is 5.73 Å². The Hall–Kier alpha value is -2.60. The van der Waals surface area contributed by atoms with E-state index in [1.54, 1.807) is 24.3 Å². The van der Waals surface area contributed by atoms with Gasteiger partial charge in [0.15, 0.2) is 11.6 Å². The van der Waals surface area contributed by atoms with Crippen LogP contribution in [0.3, 0.4) is 0 Å². The molecule has 0 spiro atoms. The van der Waals surface area contributed by atoms with Gasteiger partial charge in [-0.1, -0.05) is 18.2 Å². The summed E-state index contributed by atoms with van der Waals surface area (Å²) in [6.45, 7) is 0.0192. The molecule has 1 atom stereocenters. The second-order valence-corrected chi connectivity index (χ2v) is 5.48. The lowest BCUT2D eigenvalue weighted by Gasteiger charge is -2.19. The molecule has 23 heavy (non-hydrogen) atoms. The first-order chi connectivity index (χ1) is 11.0. The van der Waals surface area contributed by atoms with Crippen molar-refractivity contribution in [3.63, 3.8) is 0 Å². The molecule has 0 saturated carbocycles. The number of amides is 2. The molecular weight excluding hydrogens is 302 g/mol. The Morgan fingerprint density at radius 2 is 1.57 bits per heavy atom. The van der Waals surface area contributed by atoms with E-state index in [2.05, 4.69) is 0 Å². The summed E-state index contributed by atoms with van der Waals surface area (Å²) >= 11 is 0. The quantitative estimate of drug-likeness (QED) is 0.879. The molecule has 2 aromatic carbocycles. The number of imide groups is 1. The van der Waals surface area contributed by atoms with Gasteiger partial charge in [0.2, 0.25) is 0 Å². The normalized spacial score (nSPS) is 15.0. The first-order valence-corrected chi connectivity index (χ1v) is 7.12. The van der Waals surface area contributed by atoms with Crippen molar-refractivity contribution in [3.8, 4) is 0 Å². The zero-order valence-electron chi connectivity index (χ0n) is 12.1. The number of nitrogens with zero attached hydrogens (tertiary/aromatic N) is 1. The molecule has 3 rings (SSSR count). The fraction of sp³-hybridized carbons (Fsp3) is 0.176. The molecule has 118 valence electrons. The highest BCUT2D eigenvalue weighted by atomic mass is 19.2. The Balaban J connectivity index is 1.71. The van der Waals surface area contributed by atoms with Crippen LogP contribution in [0, 0.1) is 11.6 Å². The fourth-order valence-corrected chi connectivity index (χ4v) is 2.67. The second kappa shape index (κ2) is 5.89. The lowest BCUT2D eigenvalue weighted by Crippen LogP contribution is -2.41. The largest absolute Gasteiger partial charge is 0.326 e. The minimum absolute atomic E-state index is 0.0192. The highest BCUT2D eigenvalue weighted by Gasteiger charge is 2.35. The number of hydrogen-bond acceptors (Lipinski definition) is 3. The van der Waals surface area contributed by atoms with Crippen LogP contribution in [0.1, 0.15) is 26.3 Å². The van der Waals surface area contributed by atoms with E-state index < -0.39 is 17.7 Å². The molecule has 0 unspecified atom stereocenters. The van der Waals surface area contributed by atoms with Crippen molar-refractivity contribution in [2.75, 3.05) is 6.54 Å². The van der Waals surface area contributed by atoms with Crippen molar-refractivity contribution >= 4 is 11.8 Å². The number of nitrogens with two attached hydrogens (primary N) is 1. The van der Waals surface area contributed by atoms with Crippen LogP contribution in [-0.4, -0.2) is 29.3 Å². The standard InChI is InChI=1S/C17H14F2N2O2/c18-14-6-5-10(8-15(14)19)7-11(20)9-21-16(22)12-3-1-2-4-13(12)17(21)23/h1-6,8,11H,7,9,20H2/t11-/m1/s1. The van der Waals surface area contributed by atoms with E-state index in [-0.39, 0.29) is 24.8 Å². The second-order valence-electron chi connectivity index (χ2n) is 5.48. The van der Waals surface area contributed by atoms with Gasteiger partial charge >= 0.3 is 0 Å². The van der Waals surface area contributed by atoms with Crippen molar-refractivity contribution in [1.82, 2.24) is 4.90 Å². The highest BCUT2D eigenvalue weighted by Crippen LogP contribution is 2.22. The van der Waals surface area contributed by atoms with E-state index in [9.17, 15) is 18.4 Å². The number of fused-ring (bicyclic) bond motifs is 1. The van der Waals surface area contributed by atoms with E-state index in [4.69, 9.17) is 5.73 Å². The van der Waals surface area contributed by atoms with Gasteiger partial charge in [0, 0.05) is 12.6 Å². The maximum absolute atomic E-state index is 13.2. The van der Waals surface area contributed by atoms with Gasteiger partial charge < -0.3 is 5.73 Å². The number of carbonyl (C=O) groups excluding carboxylic acids is 2. The molecule has 0 saturated heterocycles. The predicted octanol–water partition coefficient (Wildman–Crippen LogP) is 2.13. The van der Waals surface area contributed by atoms with Crippen LogP contribution in [0.5, 0.6) is 0 Å². The summed E-state index contributed by atoms with van der Waals surface area (Å²) < 4.78 is 26.1. The first-order valence-electron chi connectivity index (χ1n) is 7.12. The number of halogens is 2. The van der Waals surface area contributed by atoms with Gasteiger partial charge in [-0.15, -0.1) is 0 Å². The third-order valence-electron chi connectivity index (χ3n) is 3.78. The molecule has 1 aliphatic rings. The zero-order valence-corrected chi connectivity index (χ0v) is 12.1. The molecule has 0 aromatic heterocycles. The van der Waals surface area contributed by atoms with Gasteiger partial charge in [-0.2, -0.15) is 0 Å². The van der Waals surface area contributed by atoms with Crippen molar-refractivity contribution in [3.05, 3.63) is 70.8 Å². The number of rotatable bonds is 4. The fourth-order valence-electron chi connectivity index (χ4n) is 2.67.